The molecule has 1 aromatic carbocycles. The van der Waals surface area contributed by atoms with Gasteiger partial charge in [0.2, 0.25) is 0 Å². The monoisotopic (exact) mass is 293 g/mol. The largest absolute Gasteiger partial charge is 0.484 e. The van der Waals surface area contributed by atoms with E-state index in [0.717, 1.165) is 39.1 Å². The molecule has 0 fully saturated rings. The Morgan fingerprint density at radius 2 is 1.90 bits per heavy atom. The van der Waals surface area contributed by atoms with Crippen molar-refractivity contribution < 1.29 is 9.53 Å². The maximum atomic E-state index is 10.6. The predicted octanol–water partition coefficient (Wildman–Crippen LogP) is 1.37. The average Bonchev–Trinajstić information content (AvgIpc) is 2.50. The van der Waals surface area contributed by atoms with Crippen LogP contribution >= 0.6 is 0 Å². The first kappa shape index (κ1) is 17.5. The van der Waals surface area contributed by atoms with Crippen LogP contribution in [0.4, 0.5) is 0 Å². The first-order valence-electron chi connectivity index (χ1n) is 7.58. The lowest BCUT2D eigenvalue weighted by molar-refractivity contribution is -0.119. The molecular formula is C16H27N3O2. The Labute approximate surface area is 127 Å². The molecule has 0 unspecified atom stereocenters. The van der Waals surface area contributed by atoms with Crippen molar-refractivity contribution in [2.75, 3.05) is 32.8 Å². The average molecular weight is 293 g/mol. The number of primary amides is 1. The van der Waals surface area contributed by atoms with Gasteiger partial charge < -0.3 is 20.7 Å². The van der Waals surface area contributed by atoms with Gasteiger partial charge in [-0.2, -0.15) is 0 Å². The Hall–Kier alpha value is -1.59. The molecule has 21 heavy (non-hydrogen) atoms. The van der Waals surface area contributed by atoms with Crippen molar-refractivity contribution in [2.45, 2.75) is 26.8 Å². The molecule has 0 saturated carbocycles. The molecule has 0 aliphatic heterocycles. The Balaban J connectivity index is 2.19. The van der Waals surface area contributed by atoms with Crippen LogP contribution in [0.5, 0.6) is 5.75 Å². The van der Waals surface area contributed by atoms with Gasteiger partial charge in [-0.1, -0.05) is 26.0 Å². The third-order valence-corrected chi connectivity index (χ3v) is 3.36. The molecule has 118 valence electrons. The van der Waals surface area contributed by atoms with Crippen LogP contribution in [0.1, 0.15) is 25.8 Å². The summed E-state index contributed by atoms with van der Waals surface area (Å²) >= 11 is 0. The second-order valence-corrected chi connectivity index (χ2v) is 4.96. The summed E-state index contributed by atoms with van der Waals surface area (Å²) in [7, 11) is 0. The number of benzene rings is 1. The molecule has 1 rings (SSSR count). The van der Waals surface area contributed by atoms with E-state index in [1.165, 1.54) is 5.56 Å². The smallest absolute Gasteiger partial charge is 0.255 e. The van der Waals surface area contributed by atoms with Gasteiger partial charge in [-0.15, -0.1) is 0 Å². The van der Waals surface area contributed by atoms with Gasteiger partial charge in [-0.3, -0.25) is 4.79 Å². The third kappa shape index (κ3) is 7.68. The number of rotatable bonds is 11. The Morgan fingerprint density at radius 1 is 1.24 bits per heavy atom. The van der Waals surface area contributed by atoms with Crippen LogP contribution in [0.3, 0.4) is 0 Å². The molecule has 1 aromatic rings. The lowest BCUT2D eigenvalue weighted by Crippen LogP contribution is -2.27. The lowest BCUT2D eigenvalue weighted by Gasteiger charge is -2.17. The maximum absolute atomic E-state index is 10.6. The van der Waals surface area contributed by atoms with Crippen LogP contribution in [-0.4, -0.2) is 43.6 Å². The van der Waals surface area contributed by atoms with Crippen LogP contribution in [0, 0.1) is 0 Å². The van der Waals surface area contributed by atoms with Gasteiger partial charge in [0.15, 0.2) is 6.61 Å². The fraction of sp³-hybridized carbons (Fsp3) is 0.562. The van der Waals surface area contributed by atoms with Crippen molar-refractivity contribution in [3.8, 4) is 5.75 Å². The van der Waals surface area contributed by atoms with Crippen LogP contribution in [0.15, 0.2) is 24.3 Å². The van der Waals surface area contributed by atoms with E-state index in [1.807, 2.05) is 24.3 Å². The third-order valence-electron chi connectivity index (χ3n) is 3.36. The summed E-state index contributed by atoms with van der Waals surface area (Å²) < 4.78 is 5.22. The normalized spacial score (nSPS) is 10.8. The minimum absolute atomic E-state index is 0.0804. The first-order valence-corrected chi connectivity index (χ1v) is 7.58. The van der Waals surface area contributed by atoms with Crippen molar-refractivity contribution in [2.24, 2.45) is 5.73 Å². The Kier molecular flexibility index (Phi) is 8.47. The Morgan fingerprint density at radius 3 is 2.48 bits per heavy atom. The van der Waals surface area contributed by atoms with Crippen LogP contribution in [0.25, 0.3) is 0 Å². The topological polar surface area (TPSA) is 67.6 Å². The Bertz CT molecular complexity index is 402. The molecule has 0 saturated heterocycles. The van der Waals surface area contributed by atoms with Crippen molar-refractivity contribution in [1.29, 1.82) is 0 Å². The van der Waals surface area contributed by atoms with Gasteiger partial charge in [0.1, 0.15) is 5.75 Å². The number of ether oxygens (including phenoxy) is 1. The van der Waals surface area contributed by atoms with Crippen LogP contribution in [0.2, 0.25) is 0 Å². The van der Waals surface area contributed by atoms with E-state index in [9.17, 15) is 4.79 Å². The van der Waals surface area contributed by atoms with E-state index >= 15 is 0 Å². The van der Waals surface area contributed by atoms with Gasteiger partial charge in [0.05, 0.1) is 0 Å². The second-order valence-electron chi connectivity index (χ2n) is 4.96. The zero-order valence-electron chi connectivity index (χ0n) is 13.1. The van der Waals surface area contributed by atoms with Crippen molar-refractivity contribution in [3.63, 3.8) is 0 Å². The van der Waals surface area contributed by atoms with Crippen molar-refractivity contribution in [1.82, 2.24) is 10.2 Å². The summed E-state index contributed by atoms with van der Waals surface area (Å²) in [5.74, 6) is 0.202. The zero-order valence-corrected chi connectivity index (χ0v) is 13.1. The first-order chi connectivity index (χ1) is 10.2. The summed E-state index contributed by atoms with van der Waals surface area (Å²) in [4.78, 5) is 13.0. The molecule has 1 amide bonds. The van der Waals surface area contributed by atoms with Crippen molar-refractivity contribution >= 4 is 5.91 Å². The van der Waals surface area contributed by atoms with Gasteiger partial charge >= 0.3 is 0 Å². The molecule has 5 heteroatoms. The highest BCUT2D eigenvalue weighted by atomic mass is 16.5. The summed E-state index contributed by atoms with van der Waals surface area (Å²) in [5, 5.41) is 3.43. The molecule has 0 atom stereocenters. The summed E-state index contributed by atoms with van der Waals surface area (Å²) in [6.07, 6.45) is 1.15. The number of hydrogen-bond donors (Lipinski definition) is 2. The lowest BCUT2D eigenvalue weighted by atomic mass is 10.2. The fourth-order valence-corrected chi connectivity index (χ4v) is 2.06. The molecule has 3 N–H and O–H groups in total. The molecule has 5 nitrogen and oxygen atoms in total. The fourth-order valence-electron chi connectivity index (χ4n) is 2.06. The molecular weight excluding hydrogens is 266 g/mol. The second kappa shape index (κ2) is 10.2. The maximum Gasteiger partial charge on any atom is 0.255 e. The molecule has 0 radical (unpaired) electrons. The minimum Gasteiger partial charge on any atom is -0.484 e. The molecule has 0 spiro atoms. The SMILES string of the molecule is CCN(CC)CCCNCc1ccc(OCC(N)=O)cc1. The number of carbonyl (C=O) groups excluding carboxylic acids is 1. The summed E-state index contributed by atoms with van der Waals surface area (Å²) in [6.45, 7) is 9.53. The number of nitrogens with two attached hydrogens (primary N) is 1. The van der Waals surface area contributed by atoms with Gasteiger partial charge in [-0.05, 0) is 50.3 Å². The van der Waals surface area contributed by atoms with E-state index in [0.29, 0.717) is 5.75 Å². The molecule has 0 aromatic heterocycles. The highest BCUT2D eigenvalue weighted by Gasteiger charge is 2.00. The van der Waals surface area contributed by atoms with E-state index in [1.54, 1.807) is 0 Å². The molecule has 0 aliphatic carbocycles. The van der Waals surface area contributed by atoms with E-state index in [-0.39, 0.29) is 6.61 Å². The molecule has 0 bridgehead atoms. The van der Waals surface area contributed by atoms with E-state index < -0.39 is 5.91 Å². The van der Waals surface area contributed by atoms with Crippen molar-refractivity contribution in [3.05, 3.63) is 29.8 Å². The number of nitrogens with zero attached hydrogens (tertiary/aromatic N) is 1. The predicted molar refractivity (Wildman–Crippen MR) is 85.2 cm³/mol. The number of amides is 1. The highest BCUT2D eigenvalue weighted by molar-refractivity contribution is 5.75. The standard InChI is InChI=1S/C16H27N3O2/c1-3-19(4-2)11-5-10-18-12-14-6-8-15(9-7-14)21-13-16(17)20/h6-9,18H,3-5,10-13H2,1-2H3,(H2,17,20). The van der Waals surface area contributed by atoms with E-state index in [4.69, 9.17) is 10.5 Å². The number of nitrogens with one attached hydrogen (secondary N) is 1. The summed E-state index contributed by atoms with van der Waals surface area (Å²) in [5.41, 5.74) is 6.23. The quantitative estimate of drug-likeness (QED) is 0.605. The van der Waals surface area contributed by atoms with Crippen LogP contribution < -0.4 is 15.8 Å². The highest BCUT2D eigenvalue weighted by Crippen LogP contribution is 2.11. The molecule has 0 heterocycles. The van der Waals surface area contributed by atoms with Gasteiger partial charge in [0, 0.05) is 6.54 Å². The van der Waals surface area contributed by atoms with Gasteiger partial charge in [-0.25, -0.2) is 0 Å². The number of carbonyl (C=O) groups is 1. The van der Waals surface area contributed by atoms with Crippen LogP contribution in [-0.2, 0) is 11.3 Å². The van der Waals surface area contributed by atoms with E-state index in [2.05, 4.69) is 24.1 Å². The summed E-state index contributed by atoms with van der Waals surface area (Å²) in [6, 6.07) is 7.70. The minimum atomic E-state index is -0.464. The van der Waals surface area contributed by atoms with Gasteiger partial charge in [0.25, 0.3) is 5.91 Å². The molecule has 0 aliphatic rings. The zero-order chi connectivity index (χ0) is 15.5. The number of hydrogen-bond acceptors (Lipinski definition) is 4.